The van der Waals surface area contributed by atoms with E-state index in [0.29, 0.717) is 17.2 Å². The van der Waals surface area contributed by atoms with E-state index in [2.05, 4.69) is 14.4 Å². The Labute approximate surface area is 211 Å². The Balaban J connectivity index is 1.40. The zero-order chi connectivity index (χ0) is 25.8. The normalized spacial score (nSPS) is 14.6. The third-order valence-electron chi connectivity index (χ3n) is 6.77. The summed E-state index contributed by atoms with van der Waals surface area (Å²) in [5, 5.41) is 11.0. The molecule has 1 fully saturated rings. The van der Waals surface area contributed by atoms with Crippen molar-refractivity contribution in [1.29, 1.82) is 0 Å². The number of nitro groups is 1. The molecule has 0 amide bonds. The summed E-state index contributed by atoms with van der Waals surface area (Å²) in [6.07, 6.45) is 0. The van der Waals surface area contributed by atoms with E-state index in [0.717, 1.165) is 67.6 Å². The Kier molecular flexibility index (Phi) is 7.76. The molecule has 1 aromatic heterocycles. The minimum atomic E-state index is -0.389. The molecule has 0 spiro atoms. The predicted octanol–water partition coefficient (Wildman–Crippen LogP) is 3.65. The van der Waals surface area contributed by atoms with Gasteiger partial charge in [-0.05, 0) is 25.1 Å². The molecule has 0 bridgehead atoms. The van der Waals surface area contributed by atoms with Gasteiger partial charge in [0.15, 0.2) is 11.5 Å². The molecule has 2 aromatic carbocycles. The molecule has 0 unspecified atom stereocenters. The average Bonchev–Trinajstić information content (AvgIpc) is 3.17. The zero-order valence-electron chi connectivity index (χ0n) is 21.5. The van der Waals surface area contributed by atoms with Gasteiger partial charge in [-0.25, -0.2) is 4.98 Å². The first-order chi connectivity index (χ1) is 17.4. The molecule has 0 N–H and O–H groups in total. The second kappa shape index (κ2) is 11.0. The molecule has 2 heterocycles. The van der Waals surface area contributed by atoms with E-state index in [1.165, 1.54) is 12.1 Å². The number of rotatable bonds is 9. The van der Waals surface area contributed by atoms with Gasteiger partial charge in [0.1, 0.15) is 5.82 Å². The lowest BCUT2D eigenvalue weighted by atomic mass is 10.1. The lowest BCUT2D eigenvalue weighted by Gasteiger charge is -2.35. The minimum absolute atomic E-state index is 0.0773. The molecule has 4 rings (SSSR count). The van der Waals surface area contributed by atoms with Crippen LogP contribution in [0.15, 0.2) is 36.4 Å². The number of hydrogen-bond acceptors (Lipinski definition) is 8. The molecule has 0 atom stereocenters. The fourth-order valence-electron chi connectivity index (χ4n) is 4.73. The second-order valence-corrected chi connectivity index (χ2v) is 8.88. The van der Waals surface area contributed by atoms with Crippen LogP contribution in [0.4, 0.5) is 5.69 Å². The van der Waals surface area contributed by atoms with Gasteiger partial charge in [0.2, 0.25) is 5.75 Å². The maximum atomic E-state index is 11.0. The quantitative estimate of drug-likeness (QED) is 0.328. The number of nitrogens with zero attached hydrogens (tertiary/aromatic N) is 5. The second-order valence-electron chi connectivity index (χ2n) is 8.88. The molecule has 192 valence electrons. The van der Waals surface area contributed by atoms with Crippen LogP contribution in [0.2, 0.25) is 0 Å². The molecule has 1 aliphatic rings. The smallest absolute Gasteiger partial charge is 0.269 e. The average molecular weight is 496 g/mol. The third kappa shape index (κ3) is 5.14. The van der Waals surface area contributed by atoms with E-state index >= 15 is 0 Å². The summed E-state index contributed by atoms with van der Waals surface area (Å²) >= 11 is 0. The van der Waals surface area contributed by atoms with Crippen LogP contribution in [0.3, 0.4) is 0 Å². The zero-order valence-corrected chi connectivity index (χ0v) is 21.5. The monoisotopic (exact) mass is 495 g/mol. The number of benzene rings is 2. The van der Waals surface area contributed by atoms with Crippen LogP contribution in [0.5, 0.6) is 17.2 Å². The molecule has 3 aromatic rings. The highest BCUT2D eigenvalue weighted by Crippen LogP contribution is 2.40. The number of methoxy groups -OCH3 is 3. The first kappa shape index (κ1) is 25.5. The van der Waals surface area contributed by atoms with Crippen LogP contribution >= 0.6 is 0 Å². The van der Waals surface area contributed by atoms with Crippen molar-refractivity contribution in [2.45, 2.75) is 20.0 Å². The van der Waals surface area contributed by atoms with Crippen molar-refractivity contribution in [3.63, 3.8) is 0 Å². The largest absolute Gasteiger partial charge is 0.493 e. The highest BCUT2D eigenvalue weighted by atomic mass is 16.6. The van der Waals surface area contributed by atoms with Crippen LogP contribution in [0, 0.1) is 17.0 Å². The van der Waals surface area contributed by atoms with Gasteiger partial charge in [0.05, 0.1) is 37.6 Å². The van der Waals surface area contributed by atoms with E-state index in [1.807, 2.05) is 26.1 Å². The summed E-state index contributed by atoms with van der Waals surface area (Å²) in [4.78, 5) is 20.2. The van der Waals surface area contributed by atoms with Crippen molar-refractivity contribution >= 4 is 5.69 Å². The van der Waals surface area contributed by atoms with Gasteiger partial charge in [-0.15, -0.1) is 0 Å². The van der Waals surface area contributed by atoms with E-state index in [9.17, 15) is 10.1 Å². The molecule has 0 saturated carbocycles. The molecule has 1 aliphatic heterocycles. The lowest BCUT2D eigenvalue weighted by Crippen LogP contribution is -2.45. The van der Waals surface area contributed by atoms with Gasteiger partial charge >= 0.3 is 0 Å². The Bertz CT molecular complexity index is 1220. The van der Waals surface area contributed by atoms with Gasteiger partial charge in [-0.1, -0.05) is 6.07 Å². The van der Waals surface area contributed by atoms with Gasteiger partial charge in [-0.2, -0.15) is 0 Å². The van der Waals surface area contributed by atoms with Crippen molar-refractivity contribution in [2.75, 3.05) is 47.5 Å². The highest BCUT2D eigenvalue weighted by Gasteiger charge is 2.23. The van der Waals surface area contributed by atoms with Crippen molar-refractivity contribution in [3.8, 4) is 28.6 Å². The van der Waals surface area contributed by atoms with Crippen LogP contribution in [0.1, 0.15) is 17.0 Å². The van der Waals surface area contributed by atoms with E-state index < -0.39 is 0 Å². The first-order valence-electron chi connectivity index (χ1n) is 11.9. The van der Waals surface area contributed by atoms with Crippen LogP contribution in [-0.4, -0.2) is 71.8 Å². The van der Waals surface area contributed by atoms with Crippen molar-refractivity contribution in [1.82, 2.24) is 19.4 Å². The molecular formula is C26H33N5O5. The number of ether oxygens (including phenoxy) is 3. The van der Waals surface area contributed by atoms with Gasteiger partial charge in [-0.3, -0.25) is 19.9 Å². The fraction of sp³-hybridized carbons (Fsp3) is 0.423. The SMILES string of the molecule is COc1ccc(CN2CCN(Cc3c(C)nc(-c4ccc([N+](=O)[O-])cc4)n3C)CC2)c(OC)c1OC. The molecule has 1 saturated heterocycles. The molecule has 0 radical (unpaired) electrons. The van der Waals surface area contributed by atoms with E-state index in [1.54, 1.807) is 33.5 Å². The number of nitro benzene ring substituents is 1. The highest BCUT2D eigenvalue weighted by molar-refractivity contribution is 5.59. The molecule has 10 heteroatoms. The number of aryl methyl sites for hydroxylation is 1. The topological polar surface area (TPSA) is 95.1 Å². The van der Waals surface area contributed by atoms with Crippen molar-refractivity contribution in [2.24, 2.45) is 7.05 Å². The lowest BCUT2D eigenvalue weighted by molar-refractivity contribution is -0.384. The molecule has 10 nitrogen and oxygen atoms in total. The summed E-state index contributed by atoms with van der Waals surface area (Å²) in [7, 11) is 6.90. The van der Waals surface area contributed by atoms with Crippen molar-refractivity contribution in [3.05, 3.63) is 63.5 Å². The maximum absolute atomic E-state index is 11.0. The first-order valence-corrected chi connectivity index (χ1v) is 11.9. The molecular weight excluding hydrogens is 462 g/mol. The van der Waals surface area contributed by atoms with Crippen LogP contribution in [0.25, 0.3) is 11.4 Å². The summed E-state index contributed by atoms with van der Waals surface area (Å²) in [6.45, 7) is 7.33. The van der Waals surface area contributed by atoms with Crippen molar-refractivity contribution < 1.29 is 19.1 Å². The summed E-state index contributed by atoms with van der Waals surface area (Å²) < 4.78 is 18.7. The summed E-state index contributed by atoms with van der Waals surface area (Å²) in [5.74, 6) is 2.80. The third-order valence-corrected chi connectivity index (χ3v) is 6.77. The summed E-state index contributed by atoms with van der Waals surface area (Å²) in [5.41, 5.74) is 4.14. The molecule has 36 heavy (non-hydrogen) atoms. The Hall–Kier alpha value is -3.63. The predicted molar refractivity (Wildman–Crippen MR) is 137 cm³/mol. The van der Waals surface area contributed by atoms with Crippen LogP contribution in [-0.2, 0) is 20.1 Å². The number of aromatic nitrogens is 2. The molecule has 0 aliphatic carbocycles. The van der Waals surface area contributed by atoms with E-state index in [-0.39, 0.29) is 10.6 Å². The van der Waals surface area contributed by atoms with Gasteiger partial charge in [0.25, 0.3) is 5.69 Å². The van der Waals surface area contributed by atoms with Gasteiger partial charge in [0, 0.05) is 69.6 Å². The Morgan fingerprint density at radius 3 is 2.06 bits per heavy atom. The standard InChI is InChI=1S/C26H33N5O5/c1-18-22(28(2)26(27-18)19-6-9-21(10-7-19)31(32)33)17-30-14-12-29(13-15-30)16-20-8-11-23(34-3)25(36-5)24(20)35-4/h6-11H,12-17H2,1-5H3. The number of non-ortho nitro benzene ring substituents is 1. The van der Waals surface area contributed by atoms with E-state index in [4.69, 9.17) is 19.2 Å². The summed E-state index contributed by atoms with van der Waals surface area (Å²) in [6, 6.07) is 10.5. The number of imidazole rings is 1. The minimum Gasteiger partial charge on any atom is -0.493 e. The number of piperazine rings is 1. The Morgan fingerprint density at radius 1 is 0.889 bits per heavy atom. The number of hydrogen-bond donors (Lipinski definition) is 0. The maximum Gasteiger partial charge on any atom is 0.269 e. The van der Waals surface area contributed by atoms with Gasteiger partial charge < -0.3 is 18.8 Å². The Morgan fingerprint density at radius 2 is 1.50 bits per heavy atom. The fourth-order valence-corrected chi connectivity index (χ4v) is 4.73. The van der Waals surface area contributed by atoms with Crippen LogP contribution < -0.4 is 14.2 Å².